The van der Waals surface area contributed by atoms with Gasteiger partial charge in [-0.05, 0) is 241 Å². The van der Waals surface area contributed by atoms with E-state index in [-0.39, 0.29) is 76.6 Å². The number of hydrogen-bond donors (Lipinski definition) is 0. The maximum absolute atomic E-state index is 5.22. The van der Waals surface area contributed by atoms with Gasteiger partial charge in [0.15, 0.2) is 11.6 Å². The van der Waals surface area contributed by atoms with E-state index >= 15 is 0 Å². The molecule has 0 bridgehead atoms. The molecule has 7 aromatic heterocycles. The SMILES string of the molecule is CC1(C)c2ccccc2-c2cc3c4cc(-c5cc[c-]c(-c6nccc7ccccc67)c5)ccc4n(-c4ccc(-c5ccccc5)cc4)c3cc21.CC1(C)c2ccccc2-c2cc3c4cc(-c5cc[c-]c(-c6nccc7ccccc67)c5)ccc4n(-c4nc(-c5ccccc5)nc(-c5ccccc5)n4)c3cc21.CC1(C)c2ccccc2-c2cc3c4ccccc4n(-c4cc[c-]c(-c5nccc6ccccc56)c4)c3cc21.[Ir].[Ir].[Ir]. The van der Waals surface area contributed by atoms with Crippen molar-refractivity contribution >= 4 is 97.7 Å². The van der Waals surface area contributed by atoms with Crippen molar-refractivity contribution in [3.8, 4) is 141 Å². The van der Waals surface area contributed by atoms with Crippen LogP contribution in [-0.2, 0) is 76.6 Å². The van der Waals surface area contributed by atoms with Gasteiger partial charge >= 0.3 is 0 Å². The van der Waals surface area contributed by atoms with E-state index in [0.717, 1.165) is 116 Å². The van der Waals surface area contributed by atoms with E-state index in [1.807, 2.05) is 73.2 Å². The number of nitrogens with zero attached hydrogens (tertiary/aromatic N) is 9. The molecule has 29 rings (SSSR count). The Labute approximate surface area is 893 Å². The third kappa shape index (κ3) is 15.6. The van der Waals surface area contributed by atoms with Crippen LogP contribution in [0.25, 0.3) is 238 Å². The summed E-state index contributed by atoms with van der Waals surface area (Å²) < 4.78 is 7.10. The monoisotopic (exact) mass is 2420 g/mol. The van der Waals surface area contributed by atoms with E-state index < -0.39 is 0 Å². The first-order valence-corrected chi connectivity index (χ1v) is 49.4. The van der Waals surface area contributed by atoms with Crippen molar-refractivity contribution in [2.24, 2.45) is 0 Å². The molecule has 0 N–H and O–H groups in total. The van der Waals surface area contributed by atoms with Crippen LogP contribution in [0.4, 0.5) is 0 Å². The first-order chi connectivity index (χ1) is 70.7. The van der Waals surface area contributed by atoms with Gasteiger partial charge in [-0.3, -0.25) is 4.57 Å². The van der Waals surface area contributed by atoms with Gasteiger partial charge < -0.3 is 24.1 Å². The van der Waals surface area contributed by atoms with Crippen LogP contribution in [0.15, 0.2) is 449 Å². The Kier molecular flexibility index (Phi) is 23.5. The summed E-state index contributed by atoms with van der Waals surface area (Å²) in [5, 5.41) is 14.2. The molecule has 3 aliphatic rings. The molecule has 0 fully saturated rings. The van der Waals surface area contributed by atoms with Gasteiger partial charge in [-0.2, -0.15) is 9.97 Å². The molecule has 3 aliphatic carbocycles. The molecule has 26 aromatic rings. The van der Waals surface area contributed by atoms with Crippen molar-refractivity contribution in [3.63, 3.8) is 0 Å². The maximum Gasteiger partial charge on any atom is 0.238 e. The van der Waals surface area contributed by atoms with Crippen LogP contribution < -0.4 is 0 Å². The molecule has 7 heterocycles. The standard InChI is InChI=1S/C51H34N5.C48H33N2.C36H25N2.3Ir/c1-51(2)43-23-12-11-22-39(43)40-30-42-41-29-36(35-19-13-20-37(28-35)47-38-21-10-9-14-32(38)26-27-52-47)24-25-45(41)56(46(42)31-44(40)51)50-54-48(33-15-5-3-6-16-33)53-49(55-50)34-17-7-4-8-18-34;1-48(2)43-18-9-8-17-39(43)40-29-42-41-28-35(34-14-10-15-36(27-34)47-38-16-7-6-13-33(38)25-26-49-47)21-24-45(41)50(46(42)30-44(40)48)37-22-19-32(20-23-37)31-11-4-3-5-12-31;1-36(2)31-16-7-5-14-27(31)29-21-30-28-15-6-8-17-33(28)38(34(30)22-32(29)36)25-12-9-11-24(20-25)35-26-13-4-3-10-23(26)18-19-37-35;;;/h3-19,21-31H,1-2H3;3-14,16-30H,1-2H3;3-10,12-22H,1-2H3;;;/q3*-1;;;. The molecule has 0 saturated carbocycles. The Morgan fingerprint density at radius 3 is 0.966 bits per heavy atom. The van der Waals surface area contributed by atoms with E-state index in [0.29, 0.717) is 17.6 Å². The third-order valence-electron chi connectivity index (χ3n) is 30.5. The van der Waals surface area contributed by atoms with E-state index in [2.05, 4.69) is 450 Å². The second kappa shape index (κ2) is 37.1. The Bertz CT molecular complexity index is 9690. The minimum atomic E-state index is -0.178. The van der Waals surface area contributed by atoms with Gasteiger partial charge in [-0.1, -0.05) is 321 Å². The Balaban J connectivity index is 0.000000119. The minimum Gasteiger partial charge on any atom is -0.327 e. The Morgan fingerprint density at radius 2 is 0.524 bits per heavy atom. The summed E-state index contributed by atoms with van der Waals surface area (Å²) in [6.45, 7) is 14.1. The van der Waals surface area contributed by atoms with Crippen molar-refractivity contribution in [2.75, 3.05) is 0 Å². The fourth-order valence-corrected chi connectivity index (χ4v) is 23.4. The molecule has 12 heteroatoms. The molecule has 0 aliphatic heterocycles. The number of para-hydroxylation sites is 1. The Hall–Kier alpha value is -16.2. The zero-order valence-corrected chi connectivity index (χ0v) is 88.4. The predicted molar refractivity (Wildman–Crippen MR) is 594 cm³/mol. The van der Waals surface area contributed by atoms with Crippen LogP contribution in [0.3, 0.4) is 0 Å². The number of aromatic nitrogens is 9. The van der Waals surface area contributed by atoms with Crippen molar-refractivity contribution in [2.45, 2.75) is 57.8 Å². The van der Waals surface area contributed by atoms with Gasteiger partial charge in [0.25, 0.3) is 0 Å². The van der Waals surface area contributed by atoms with Crippen LogP contribution in [0.5, 0.6) is 0 Å². The molecule has 707 valence electrons. The molecule has 0 atom stereocenters. The van der Waals surface area contributed by atoms with Crippen molar-refractivity contribution in [1.29, 1.82) is 0 Å². The van der Waals surface area contributed by atoms with Gasteiger partial charge in [-0.15, -0.1) is 101 Å². The first-order valence-electron chi connectivity index (χ1n) is 49.4. The van der Waals surface area contributed by atoms with Crippen LogP contribution >= 0.6 is 0 Å². The molecule has 0 unspecified atom stereocenters. The van der Waals surface area contributed by atoms with Gasteiger partial charge in [0.05, 0.1) is 33.1 Å². The van der Waals surface area contributed by atoms with E-state index in [1.54, 1.807) is 0 Å². The summed E-state index contributed by atoms with van der Waals surface area (Å²) in [5.41, 5.74) is 39.7. The minimum absolute atomic E-state index is 0. The smallest absolute Gasteiger partial charge is 0.238 e. The first kappa shape index (κ1) is 93.1. The maximum atomic E-state index is 5.22. The molecular weight excluding hydrogens is 2320 g/mol. The van der Waals surface area contributed by atoms with Crippen molar-refractivity contribution in [3.05, 3.63) is 501 Å². The molecule has 0 spiro atoms. The molecule has 19 aromatic carbocycles. The van der Waals surface area contributed by atoms with Gasteiger partial charge in [0.1, 0.15) is 0 Å². The number of rotatable bonds is 11. The molecule has 0 saturated heterocycles. The summed E-state index contributed by atoms with van der Waals surface area (Å²) in [4.78, 5) is 29.8. The normalized spacial score (nSPS) is 13.0. The number of pyridine rings is 3. The summed E-state index contributed by atoms with van der Waals surface area (Å²) in [6, 6.07) is 165. The quantitative estimate of drug-likeness (QED) is 0.120. The molecular formula is C135H92Ir3N9-3. The summed E-state index contributed by atoms with van der Waals surface area (Å²) >= 11 is 0. The average molecular weight is 2420 g/mol. The fourth-order valence-electron chi connectivity index (χ4n) is 23.4. The van der Waals surface area contributed by atoms with Crippen LogP contribution in [-0.4, -0.2) is 43.6 Å². The van der Waals surface area contributed by atoms with Crippen LogP contribution in [0.1, 0.15) is 74.9 Å². The van der Waals surface area contributed by atoms with Crippen LogP contribution in [0.2, 0.25) is 0 Å². The topological polar surface area (TPSA) is 92.1 Å². The largest absolute Gasteiger partial charge is 0.327 e. The summed E-state index contributed by atoms with van der Waals surface area (Å²) in [5.74, 6) is 1.84. The van der Waals surface area contributed by atoms with E-state index in [9.17, 15) is 0 Å². The molecule has 0 amide bonds. The van der Waals surface area contributed by atoms with Gasteiger partial charge in [0.2, 0.25) is 5.95 Å². The summed E-state index contributed by atoms with van der Waals surface area (Å²) in [6.07, 6.45) is 5.66. The van der Waals surface area contributed by atoms with E-state index in [4.69, 9.17) is 29.9 Å². The third-order valence-corrected chi connectivity index (χ3v) is 30.5. The van der Waals surface area contributed by atoms with Gasteiger partial charge in [0, 0.05) is 144 Å². The van der Waals surface area contributed by atoms with Crippen molar-refractivity contribution < 1.29 is 60.3 Å². The number of fused-ring (bicyclic) bond motifs is 21. The average Bonchev–Trinajstić information content (AvgIpc) is 1.56. The zero-order chi connectivity index (χ0) is 96.2. The zero-order valence-electron chi connectivity index (χ0n) is 81.2. The predicted octanol–water partition coefficient (Wildman–Crippen LogP) is 33.8. The molecule has 3 radical (unpaired) electrons. The fraction of sp³-hybridized carbons (Fsp3) is 0.0667. The van der Waals surface area contributed by atoms with E-state index in [1.165, 1.54) is 138 Å². The van der Waals surface area contributed by atoms with Gasteiger partial charge in [-0.25, -0.2) is 4.98 Å². The molecule has 147 heavy (non-hydrogen) atoms. The number of benzene rings is 19. The van der Waals surface area contributed by atoms with Crippen LogP contribution in [0, 0.1) is 18.2 Å². The molecule has 9 nitrogen and oxygen atoms in total. The summed E-state index contributed by atoms with van der Waals surface area (Å²) in [7, 11) is 0. The van der Waals surface area contributed by atoms with Crippen molar-refractivity contribution in [1.82, 2.24) is 43.6 Å². The number of hydrogen-bond acceptors (Lipinski definition) is 6. The second-order valence-electron chi connectivity index (χ2n) is 39.8. The second-order valence-corrected chi connectivity index (χ2v) is 39.8. The Morgan fingerprint density at radius 1 is 0.204 bits per heavy atom.